The molecule has 2 aromatic carbocycles. The van der Waals surface area contributed by atoms with Gasteiger partial charge in [0.1, 0.15) is 11.5 Å². The Morgan fingerprint density at radius 2 is 1.65 bits per heavy atom. The molecule has 0 aliphatic heterocycles. The summed E-state index contributed by atoms with van der Waals surface area (Å²) in [6, 6.07) is 9.17. The first-order valence-electron chi connectivity index (χ1n) is 6.08. The van der Waals surface area contributed by atoms with Gasteiger partial charge < -0.3 is 10.1 Å². The SMILES string of the molecule is CNCc1cc(C)ccc1Oc1cc(Cl)c(Cl)cc1Cl. The van der Waals surface area contributed by atoms with Gasteiger partial charge in [-0.05, 0) is 26.1 Å². The van der Waals surface area contributed by atoms with E-state index in [0.717, 1.165) is 11.3 Å². The molecule has 0 radical (unpaired) electrons. The topological polar surface area (TPSA) is 21.3 Å². The third-order valence-electron chi connectivity index (χ3n) is 2.78. The second-order valence-corrected chi connectivity index (χ2v) is 5.66. The lowest BCUT2D eigenvalue weighted by Gasteiger charge is -2.13. The standard InChI is InChI=1S/C15H14Cl3NO/c1-9-3-4-14(10(5-9)8-19-2)20-15-7-12(17)11(16)6-13(15)18/h3-7,19H,8H2,1-2H3. The van der Waals surface area contributed by atoms with Crippen LogP contribution in [0.3, 0.4) is 0 Å². The van der Waals surface area contributed by atoms with E-state index in [1.807, 2.05) is 26.1 Å². The van der Waals surface area contributed by atoms with E-state index in [1.165, 1.54) is 5.56 Å². The van der Waals surface area contributed by atoms with Gasteiger partial charge in [0.25, 0.3) is 0 Å². The molecule has 0 heterocycles. The highest BCUT2D eigenvalue weighted by Gasteiger charge is 2.10. The summed E-state index contributed by atoms with van der Waals surface area (Å²) in [7, 11) is 1.89. The fraction of sp³-hybridized carbons (Fsp3) is 0.200. The number of nitrogens with one attached hydrogen (secondary N) is 1. The van der Waals surface area contributed by atoms with Gasteiger partial charge >= 0.3 is 0 Å². The molecule has 0 atom stereocenters. The highest BCUT2D eigenvalue weighted by atomic mass is 35.5. The van der Waals surface area contributed by atoms with E-state index in [9.17, 15) is 0 Å². The molecule has 1 N–H and O–H groups in total. The molecule has 0 bridgehead atoms. The Bertz CT molecular complexity index is 629. The van der Waals surface area contributed by atoms with E-state index in [4.69, 9.17) is 39.5 Å². The van der Waals surface area contributed by atoms with Crippen LogP contribution in [0.25, 0.3) is 0 Å². The lowest BCUT2D eigenvalue weighted by Crippen LogP contribution is -2.06. The van der Waals surface area contributed by atoms with Crippen LogP contribution in [-0.2, 0) is 6.54 Å². The van der Waals surface area contributed by atoms with Gasteiger partial charge in [0.05, 0.1) is 15.1 Å². The molecule has 2 rings (SSSR count). The average molecular weight is 331 g/mol. The Morgan fingerprint density at radius 1 is 0.950 bits per heavy atom. The molecule has 2 aromatic rings. The minimum absolute atomic E-state index is 0.406. The van der Waals surface area contributed by atoms with E-state index in [-0.39, 0.29) is 0 Å². The highest BCUT2D eigenvalue weighted by Crippen LogP contribution is 2.37. The molecule has 0 aliphatic rings. The van der Waals surface area contributed by atoms with Crippen molar-refractivity contribution in [2.75, 3.05) is 7.05 Å². The smallest absolute Gasteiger partial charge is 0.147 e. The summed E-state index contributed by atoms with van der Waals surface area (Å²) < 4.78 is 5.87. The number of benzene rings is 2. The van der Waals surface area contributed by atoms with Crippen molar-refractivity contribution in [3.8, 4) is 11.5 Å². The van der Waals surface area contributed by atoms with Crippen molar-refractivity contribution in [2.24, 2.45) is 0 Å². The normalized spacial score (nSPS) is 10.7. The lowest BCUT2D eigenvalue weighted by atomic mass is 10.1. The van der Waals surface area contributed by atoms with Crippen molar-refractivity contribution in [1.29, 1.82) is 0 Å². The van der Waals surface area contributed by atoms with Gasteiger partial charge in [0.15, 0.2) is 0 Å². The van der Waals surface area contributed by atoms with Crippen LogP contribution in [0, 0.1) is 6.92 Å². The van der Waals surface area contributed by atoms with Gasteiger partial charge in [-0.2, -0.15) is 0 Å². The zero-order valence-corrected chi connectivity index (χ0v) is 13.4. The average Bonchev–Trinajstić information content (AvgIpc) is 2.39. The molecule has 20 heavy (non-hydrogen) atoms. The van der Waals surface area contributed by atoms with Gasteiger partial charge in [-0.25, -0.2) is 0 Å². The number of halogens is 3. The van der Waals surface area contributed by atoms with Crippen LogP contribution in [0.5, 0.6) is 11.5 Å². The maximum Gasteiger partial charge on any atom is 0.147 e. The monoisotopic (exact) mass is 329 g/mol. The van der Waals surface area contributed by atoms with Crippen molar-refractivity contribution in [2.45, 2.75) is 13.5 Å². The molecule has 0 aromatic heterocycles. The van der Waals surface area contributed by atoms with Gasteiger partial charge in [0.2, 0.25) is 0 Å². The first-order valence-corrected chi connectivity index (χ1v) is 7.21. The molecule has 0 spiro atoms. The lowest BCUT2D eigenvalue weighted by molar-refractivity contribution is 0.474. The van der Waals surface area contributed by atoms with Gasteiger partial charge in [-0.3, -0.25) is 0 Å². The van der Waals surface area contributed by atoms with E-state index < -0.39 is 0 Å². The predicted molar refractivity (Wildman–Crippen MR) is 85.5 cm³/mol. The van der Waals surface area contributed by atoms with Gasteiger partial charge in [-0.1, -0.05) is 52.5 Å². The fourth-order valence-electron chi connectivity index (χ4n) is 1.84. The van der Waals surface area contributed by atoms with Gasteiger partial charge in [0, 0.05) is 18.2 Å². The zero-order valence-electron chi connectivity index (χ0n) is 11.1. The molecule has 106 valence electrons. The predicted octanol–water partition coefficient (Wildman–Crippen LogP) is 5.47. The van der Waals surface area contributed by atoms with E-state index in [2.05, 4.69) is 11.4 Å². The van der Waals surface area contributed by atoms with Crippen molar-refractivity contribution in [3.05, 3.63) is 56.5 Å². The van der Waals surface area contributed by atoms with E-state index in [1.54, 1.807) is 12.1 Å². The number of aryl methyl sites for hydroxylation is 1. The minimum Gasteiger partial charge on any atom is -0.455 e. The van der Waals surface area contributed by atoms with E-state index in [0.29, 0.717) is 27.4 Å². The zero-order chi connectivity index (χ0) is 14.7. The Morgan fingerprint density at radius 3 is 2.35 bits per heavy atom. The Labute approximate surface area is 133 Å². The van der Waals surface area contributed by atoms with Crippen LogP contribution in [0.15, 0.2) is 30.3 Å². The third kappa shape index (κ3) is 3.58. The van der Waals surface area contributed by atoms with Crippen molar-refractivity contribution < 1.29 is 4.74 Å². The summed E-state index contributed by atoms with van der Waals surface area (Å²) in [6.07, 6.45) is 0. The summed E-state index contributed by atoms with van der Waals surface area (Å²) in [4.78, 5) is 0. The largest absolute Gasteiger partial charge is 0.455 e. The van der Waals surface area contributed by atoms with Crippen LogP contribution >= 0.6 is 34.8 Å². The second-order valence-electron chi connectivity index (χ2n) is 4.44. The number of rotatable bonds is 4. The molecular weight excluding hydrogens is 317 g/mol. The quantitative estimate of drug-likeness (QED) is 0.751. The first-order chi connectivity index (χ1) is 9.51. The van der Waals surface area contributed by atoms with Crippen molar-refractivity contribution >= 4 is 34.8 Å². The fourth-order valence-corrected chi connectivity index (χ4v) is 2.41. The molecule has 2 nitrogen and oxygen atoms in total. The Balaban J connectivity index is 2.37. The van der Waals surface area contributed by atoms with Crippen LogP contribution in [0.2, 0.25) is 15.1 Å². The second kappa shape index (κ2) is 6.68. The molecule has 0 saturated heterocycles. The van der Waals surface area contributed by atoms with Gasteiger partial charge in [-0.15, -0.1) is 0 Å². The maximum atomic E-state index is 6.13. The van der Waals surface area contributed by atoms with Crippen LogP contribution in [-0.4, -0.2) is 7.05 Å². The molecule has 0 fully saturated rings. The summed E-state index contributed by atoms with van der Waals surface area (Å²) in [5.41, 5.74) is 2.22. The molecule has 0 saturated carbocycles. The van der Waals surface area contributed by atoms with Crippen LogP contribution in [0.1, 0.15) is 11.1 Å². The van der Waals surface area contributed by atoms with Crippen molar-refractivity contribution in [1.82, 2.24) is 5.32 Å². The van der Waals surface area contributed by atoms with Crippen LogP contribution < -0.4 is 10.1 Å². The number of hydrogen-bond acceptors (Lipinski definition) is 2. The summed E-state index contributed by atoms with van der Waals surface area (Å²) >= 11 is 18.0. The number of ether oxygens (including phenoxy) is 1. The third-order valence-corrected chi connectivity index (χ3v) is 3.80. The number of hydrogen-bond donors (Lipinski definition) is 1. The maximum absolute atomic E-state index is 6.13. The molecule has 0 aliphatic carbocycles. The first kappa shape index (κ1) is 15.5. The summed E-state index contributed by atoms with van der Waals surface area (Å²) in [5, 5.41) is 4.36. The molecular formula is C15H14Cl3NO. The summed E-state index contributed by atoms with van der Waals surface area (Å²) in [5.74, 6) is 1.23. The molecule has 5 heteroatoms. The highest BCUT2D eigenvalue weighted by molar-refractivity contribution is 6.43. The van der Waals surface area contributed by atoms with Crippen LogP contribution in [0.4, 0.5) is 0 Å². The van der Waals surface area contributed by atoms with Crippen molar-refractivity contribution in [3.63, 3.8) is 0 Å². The molecule has 0 amide bonds. The Hall–Kier alpha value is -0.930. The molecule has 0 unspecified atom stereocenters. The summed E-state index contributed by atoms with van der Waals surface area (Å²) in [6.45, 7) is 2.74. The Kier molecular flexibility index (Phi) is 5.17. The minimum atomic E-state index is 0.406. The van der Waals surface area contributed by atoms with E-state index >= 15 is 0 Å².